The minimum Gasteiger partial charge on any atom is -0.374 e. The lowest BCUT2D eigenvalue weighted by molar-refractivity contribution is -0.171. The summed E-state index contributed by atoms with van der Waals surface area (Å²) in [6, 6.07) is 24.2. The summed E-state index contributed by atoms with van der Waals surface area (Å²) < 4.78 is 24.3. The van der Waals surface area contributed by atoms with Gasteiger partial charge in [0.1, 0.15) is 5.60 Å². The van der Waals surface area contributed by atoms with Crippen LogP contribution >= 0.6 is 0 Å². The van der Waals surface area contributed by atoms with E-state index < -0.39 is 5.60 Å². The van der Waals surface area contributed by atoms with Crippen LogP contribution in [0.2, 0.25) is 0 Å². The Morgan fingerprint density at radius 1 is 0.541 bits per heavy atom. The molecule has 5 heteroatoms. The molecule has 0 aromatic heterocycles. The van der Waals surface area contributed by atoms with Gasteiger partial charge < -0.3 is 24.7 Å². The van der Waals surface area contributed by atoms with Crippen LogP contribution in [0.3, 0.4) is 0 Å². The van der Waals surface area contributed by atoms with Gasteiger partial charge >= 0.3 is 0 Å². The molecular weight excluding hydrogens is 462 g/mol. The minimum atomic E-state index is -0.863. The van der Waals surface area contributed by atoms with E-state index in [1.165, 1.54) is 0 Å². The molecule has 0 bridgehead atoms. The maximum Gasteiger partial charge on any atom is 0.139 e. The molecule has 0 radical (unpaired) electrons. The largest absolute Gasteiger partial charge is 0.374 e. The molecular formula is C32H37NO4. The van der Waals surface area contributed by atoms with E-state index in [0.717, 1.165) is 33.4 Å². The molecule has 0 fully saturated rings. The van der Waals surface area contributed by atoms with Crippen molar-refractivity contribution in [2.45, 2.75) is 25.4 Å². The van der Waals surface area contributed by atoms with Crippen molar-refractivity contribution in [1.82, 2.24) is 0 Å². The zero-order valence-corrected chi connectivity index (χ0v) is 21.4. The predicted octanol–water partition coefficient (Wildman–Crippen LogP) is 6.24. The van der Waals surface area contributed by atoms with E-state index in [1.54, 1.807) is 0 Å². The first-order valence-corrected chi connectivity index (χ1v) is 12.3. The molecule has 37 heavy (non-hydrogen) atoms. The molecule has 3 aromatic rings. The Kier molecular flexibility index (Phi) is 11.5. The van der Waals surface area contributed by atoms with Crippen LogP contribution in [-0.4, -0.2) is 32.2 Å². The molecule has 3 rings (SSSR count). The van der Waals surface area contributed by atoms with Crippen molar-refractivity contribution in [2.75, 3.05) is 26.6 Å². The molecule has 0 amide bonds. The first-order chi connectivity index (χ1) is 18.1. The van der Waals surface area contributed by atoms with Crippen LogP contribution in [0.4, 0.5) is 0 Å². The fourth-order valence-electron chi connectivity index (χ4n) is 3.74. The molecule has 3 aromatic carbocycles. The van der Waals surface area contributed by atoms with Gasteiger partial charge in [0, 0.05) is 0 Å². The Bertz CT molecular complexity index is 966. The fourth-order valence-corrected chi connectivity index (χ4v) is 3.74. The van der Waals surface area contributed by atoms with Crippen molar-refractivity contribution in [1.29, 1.82) is 0 Å². The van der Waals surface area contributed by atoms with Crippen LogP contribution in [0.1, 0.15) is 33.4 Å². The topological polar surface area (TPSA) is 62.9 Å². The lowest BCUT2D eigenvalue weighted by Gasteiger charge is -2.33. The van der Waals surface area contributed by atoms with Crippen molar-refractivity contribution in [2.24, 2.45) is 5.73 Å². The van der Waals surface area contributed by atoms with Crippen LogP contribution < -0.4 is 5.73 Å². The van der Waals surface area contributed by atoms with Crippen molar-refractivity contribution >= 4 is 18.2 Å². The van der Waals surface area contributed by atoms with Crippen LogP contribution in [0.25, 0.3) is 18.2 Å². The summed E-state index contributed by atoms with van der Waals surface area (Å²) in [5.74, 6) is 0. The van der Waals surface area contributed by atoms with E-state index in [9.17, 15) is 0 Å². The van der Waals surface area contributed by atoms with E-state index in [4.69, 9.17) is 24.7 Å². The van der Waals surface area contributed by atoms with Gasteiger partial charge in [0.15, 0.2) is 0 Å². The molecule has 0 saturated carbocycles. The molecule has 0 aliphatic rings. The molecule has 0 atom stereocenters. The van der Waals surface area contributed by atoms with Gasteiger partial charge in [0.2, 0.25) is 0 Å². The third-order valence-corrected chi connectivity index (χ3v) is 5.94. The summed E-state index contributed by atoms with van der Waals surface area (Å²) in [4.78, 5) is 0. The second-order valence-electron chi connectivity index (χ2n) is 8.81. The Hall–Kier alpha value is -3.32. The number of nitrogens with two attached hydrogens (primary N) is 1. The third-order valence-electron chi connectivity index (χ3n) is 5.94. The Labute approximate surface area is 220 Å². The quantitative estimate of drug-likeness (QED) is 0.223. The Morgan fingerprint density at radius 3 is 1.08 bits per heavy atom. The SMILES string of the molecule is C=Cc1ccc(COCC(COCc2ccc(C=C)cc2)(COCc2ccc(C=C)cc2)OCN)cc1. The number of hydrogen-bond acceptors (Lipinski definition) is 5. The highest BCUT2D eigenvalue weighted by atomic mass is 16.6. The first-order valence-electron chi connectivity index (χ1n) is 12.3. The number of hydrogen-bond donors (Lipinski definition) is 1. The molecule has 0 saturated heterocycles. The third kappa shape index (κ3) is 9.25. The maximum absolute atomic E-state index is 6.09. The van der Waals surface area contributed by atoms with Crippen molar-refractivity contribution in [3.8, 4) is 0 Å². The van der Waals surface area contributed by atoms with Crippen molar-refractivity contribution in [3.63, 3.8) is 0 Å². The minimum absolute atomic E-state index is 0.0200. The Balaban J connectivity index is 1.64. The normalized spacial score (nSPS) is 11.3. The Morgan fingerprint density at radius 2 is 0.838 bits per heavy atom. The molecule has 2 N–H and O–H groups in total. The second kappa shape index (κ2) is 15.1. The number of ether oxygens (including phenoxy) is 4. The highest BCUT2D eigenvalue weighted by Gasteiger charge is 2.33. The highest BCUT2D eigenvalue weighted by Crippen LogP contribution is 2.18. The first kappa shape index (κ1) is 28.3. The molecule has 0 unspecified atom stereocenters. The monoisotopic (exact) mass is 499 g/mol. The second-order valence-corrected chi connectivity index (χ2v) is 8.81. The average Bonchev–Trinajstić information content (AvgIpc) is 2.94. The van der Waals surface area contributed by atoms with Gasteiger partial charge in [-0.15, -0.1) is 0 Å². The van der Waals surface area contributed by atoms with Gasteiger partial charge in [-0.3, -0.25) is 0 Å². The molecule has 0 aliphatic carbocycles. The average molecular weight is 500 g/mol. The van der Waals surface area contributed by atoms with Crippen LogP contribution in [-0.2, 0) is 38.8 Å². The van der Waals surface area contributed by atoms with E-state index in [-0.39, 0.29) is 26.6 Å². The molecule has 194 valence electrons. The van der Waals surface area contributed by atoms with Gasteiger partial charge in [0.05, 0.1) is 46.4 Å². The molecule has 0 spiro atoms. The zero-order chi connectivity index (χ0) is 26.3. The summed E-state index contributed by atoms with van der Waals surface area (Å²) in [6.07, 6.45) is 5.44. The molecule has 0 aliphatic heterocycles. The predicted molar refractivity (Wildman–Crippen MR) is 151 cm³/mol. The standard InChI is InChI=1S/C32H37NO4/c1-4-26-7-13-29(14-8-26)19-34-22-32(37-25-33,23-35-20-30-15-9-27(5-2)10-16-30)24-36-21-31-17-11-28(6-3)12-18-31/h4-18H,1-3,19-25,33H2. The summed E-state index contributed by atoms with van der Waals surface area (Å²) in [5, 5.41) is 0. The lowest BCUT2D eigenvalue weighted by atomic mass is 10.1. The summed E-state index contributed by atoms with van der Waals surface area (Å²) in [5.41, 5.74) is 11.3. The van der Waals surface area contributed by atoms with Crippen LogP contribution in [0.5, 0.6) is 0 Å². The maximum atomic E-state index is 6.09. The number of benzene rings is 3. The van der Waals surface area contributed by atoms with Gasteiger partial charge in [-0.2, -0.15) is 0 Å². The molecule has 5 nitrogen and oxygen atoms in total. The van der Waals surface area contributed by atoms with Gasteiger partial charge in [-0.05, 0) is 33.4 Å². The van der Waals surface area contributed by atoms with Crippen molar-refractivity contribution < 1.29 is 18.9 Å². The van der Waals surface area contributed by atoms with E-state index in [0.29, 0.717) is 19.8 Å². The van der Waals surface area contributed by atoms with E-state index >= 15 is 0 Å². The summed E-state index contributed by atoms with van der Waals surface area (Å²) in [6.45, 7) is 13.5. The van der Waals surface area contributed by atoms with Crippen molar-refractivity contribution in [3.05, 3.63) is 126 Å². The van der Waals surface area contributed by atoms with Gasteiger partial charge in [0.25, 0.3) is 0 Å². The van der Waals surface area contributed by atoms with E-state index in [1.807, 2.05) is 91.0 Å². The summed E-state index contributed by atoms with van der Waals surface area (Å²) in [7, 11) is 0. The van der Waals surface area contributed by atoms with Gasteiger partial charge in [-0.25, -0.2) is 0 Å². The molecule has 0 heterocycles. The van der Waals surface area contributed by atoms with Crippen LogP contribution in [0, 0.1) is 0 Å². The summed E-state index contributed by atoms with van der Waals surface area (Å²) >= 11 is 0. The van der Waals surface area contributed by atoms with Gasteiger partial charge in [-0.1, -0.05) is 111 Å². The fraction of sp³-hybridized carbons (Fsp3) is 0.250. The number of rotatable bonds is 17. The lowest BCUT2D eigenvalue weighted by Crippen LogP contribution is -2.48. The highest BCUT2D eigenvalue weighted by molar-refractivity contribution is 5.48. The zero-order valence-electron chi connectivity index (χ0n) is 21.4. The van der Waals surface area contributed by atoms with Crippen LogP contribution in [0.15, 0.2) is 92.5 Å². The smallest absolute Gasteiger partial charge is 0.139 e. The van der Waals surface area contributed by atoms with E-state index in [2.05, 4.69) is 19.7 Å².